The van der Waals surface area contributed by atoms with Crippen LogP contribution in [-0.4, -0.2) is 27.5 Å². The van der Waals surface area contributed by atoms with Gasteiger partial charge in [0, 0.05) is 5.69 Å². The Morgan fingerprint density at radius 1 is 1.56 bits per heavy atom. The molecule has 0 unspecified atom stereocenters. The lowest BCUT2D eigenvalue weighted by molar-refractivity contribution is 0.0527. The summed E-state index contributed by atoms with van der Waals surface area (Å²) >= 11 is 0. The molecule has 84 valence electrons. The second kappa shape index (κ2) is 3.80. The fourth-order valence-corrected chi connectivity index (χ4v) is 1.59. The van der Waals surface area contributed by atoms with Gasteiger partial charge in [-0.15, -0.1) is 0 Å². The first-order chi connectivity index (χ1) is 7.65. The number of aryl methyl sites for hydroxylation is 1. The van der Waals surface area contributed by atoms with Gasteiger partial charge >= 0.3 is 5.97 Å². The Morgan fingerprint density at radius 2 is 2.31 bits per heavy atom. The Kier molecular flexibility index (Phi) is 2.47. The first kappa shape index (κ1) is 10.4. The molecule has 0 aliphatic carbocycles. The number of nitrogens with zero attached hydrogens (tertiary/aromatic N) is 1. The van der Waals surface area contributed by atoms with Crippen LogP contribution in [0.15, 0.2) is 11.1 Å². The minimum atomic E-state index is -0.468. The highest BCUT2D eigenvalue weighted by molar-refractivity contribution is 6.03. The molecule has 2 N–H and O–H groups in total. The zero-order valence-corrected chi connectivity index (χ0v) is 8.96. The number of esters is 1. The molecule has 0 aromatic carbocycles. The second-order valence-electron chi connectivity index (χ2n) is 3.30. The summed E-state index contributed by atoms with van der Waals surface area (Å²) in [4.78, 5) is 32.3. The summed E-state index contributed by atoms with van der Waals surface area (Å²) in [5.41, 5.74) is 1.24. The number of rotatable bonds is 2. The van der Waals surface area contributed by atoms with Crippen LogP contribution in [0.1, 0.15) is 23.0 Å². The van der Waals surface area contributed by atoms with E-state index in [2.05, 4.69) is 15.0 Å². The van der Waals surface area contributed by atoms with E-state index in [0.717, 1.165) is 0 Å². The first-order valence-electron chi connectivity index (χ1n) is 4.88. The zero-order chi connectivity index (χ0) is 11.7. The van der Waals surface area contributed by atoms with E-state index < -0.39 is 5.97 Å². The summed E-state index contributed by atoms with van der Waals surface area (Å²) < 4.78 is 4.90. The highest BCUT2D eigenvalue weighted by Crippen LogP contribution is 2.17. The number of hydrogen-bond acceptors (Lipinski definition) is 4. The monoisotopic (exact) mass is 221 g/mol. The van der Waals surface area contributed by atoms with Gasteiger partial charge in [0.2, 0.25) is 0 Å². The highest BCUT2D eigenvalue weighted by Gasteiger charge is 2.19. The van der Waals surface area contributed by atoms with Gasteiger partial charge in [-0.05, 0) is 13.8 Å². The fraction of sp³-hybridized carbons (Fsp3) is 0.300. The van der Waals surface area contributed by atoms with Crippen LogP contribution in [0, 0.1) is 6.92 Å². The van der Waals surface area contributed by atoms with Crippen LogP contribution in [-0.2, 0) is 4.74 Å². The van der Waals surface area contributed by atoms with Gasteiger partial charge in [-0.3, -0.25) is 4.79 Å². The normalized spacial score (nSPS) is 10.6. The van der Waals surface area contributed by atoms with Crippen LogP contribution in [0.25, 0.3) is 11.0 Å². The Labute approximate surface area is 90.7 Å². The number of carbonyl (C=O) groups excluding carboxylic acids is 1. The van der Waals surface area contributed by atoms with E-state index in [1.54, 1.807) is 13.8 Å². The molecule has 2 rings (SSSR count). The minimum absolute atomic E-state index is 0.286. The van der Waals surface area contributed by atoms with Crippen molar-refractivity contribution in [3.8, 4) is 0 Å². The molecule has 0 fully saturated rings. The number of aromatic nitrogens is 3. The molecule has 0 saturated carbocycles. The molecule has 2 heterocycles. The van der Waals surface area contributed by atoms with Crippen molar-refractivity contribution in [3.05, 3.63) is 27.9 Å². The average Bonchev–Trinajstić information content (AvgIpc) is 2.56. The lowest BCUT2D eigenvalue weighted by atomic mass is 10.2. The van der Waals surface area contributed by atoms with Crippen LogP contribution in [0.4, 0.5) is 0 Å². The number of H-pyrrole nitrogens is 2. The molecule has 0 saturated heterocycles. The van der Waals surface area contributed by atoms with Crippen LogP contribution in [0.3, 0.4) is 0 Å². The maximum atomic E-state index is 11.7. The Balaban J connectivity index is 2.70. The van der Waals surface area contributed by atoms with Crippen molar-refractivity contribution < 1.29 is 9.53 Å². The van der Waals surface area contributed by atoms with Gasteiger partial charge in [0.15, 0.2) is 0 Å². The smallest absolute Gasteiger partial charge is 0.342 e. The lowest BCUT2D eigenvalue weighted by Crippen LogP contribution is -2.08. The van der Waals surface area contributed by atoms with E-state index in [1.165, 1.54) is 6.33 Å². The number of nitrogens with one attached hydrogen (secondary N) is 2. The van der Waals surface area contributed by atoms with Crippen molar-refractivity contribution in [2.45, 2.75) is 13.8 Å². The van der Waals surface area contributed by atoms with Gasteiger partial charge in [-0.2, -0.15) is 0 Å². The molecule has 2 aromatic heterocycles. The van der Waals surface area contributed by atoms with E-state index in [4.69, 9.17) is 4.74 Å². The summed E-state index contributed by atoms with van der Waals surface area (Å²) in [6, 6.07) is 0. The number of ether oxygens (including phenoxy) is 1. The molecule has 2 aromatic rings. The van der Waals surface area contributed by atoms with Gasteiger partial charge in [-0.1, -0.05) is 0 Å². The van der Waals surface area contributed by atoms with E-state index >= 15 is 0 Å². The molecule has 0 bridgehead atoms. The van der Waals surface area contributed by atoms with Crippen LogP contribution in [0.2, 0.25) is 0 Å². The second-order valence-corrected chi connectivity index (χ2v) is 3.30. The maximum Gasteiger partial charge on any atom is 0.342 e. The van der Waals surface area contributed by atoms with Crippen molar-refractivity contribution in [2.75, 3.05) is 6.61 Å². The van der Waals surface area contributed by atoms with Gasteiger partial charge in [-0.25, -0.2) is 9.78 Å². The SMILES string of the molecule is CCOC(=O)c1c(C)[nH]c2c(=O)[nH]cnc12. The van der Waals surface area contributed by atoms with Gasteiger partial charge < -0.3 is 14.7 Å². The van der Waals surface area contributed by atoms with Gasteiger partial charge in [0.25, 0.3) is 5.56 Å². The molecule has 0 radical (unpaired) electrons. The van der Waals surface area contributed by atoms with Crippen LogP contribution < -0.4 is 5.56 Å². The molecule has 6 heteroatoms. The van der Waals surface area contributed by atoms with Crippen LogP contribution >= 0.6 is 0 Å². The van der Waals surface area contributed by atoms with E-state index in [0.29, 0.717) is 22.3 Å². The van der Waals surface area contributed by atoms with Crippen molar-refractivity contribution in [1.29, 1.82) is 0 Å². The predicted octanol–water partition coefficient (Wildman–Crippen LogP) is 0.736. The predicted molar refractivity (Wildman–Crippen MR) is 57.4 cm³/mol. The Bertz CT molecular complexity index is 597. The number of carbonyl (C=O) groups is 1. The lowest BCUT2D eigenvalue weighted by Gasteiger charge is -2.00. The third-order valence-electron chi connectivity index (χ3n) is 2.26. The molecule has 0 spiro atoms. The molecular weight excluding hydrogens is 210 g/mol. The van der Waals surface area contributed by atoms with E-state index in [1.807, 2.05) is 0 Å². The number of hydrogen-bond donors (Lipinski definition) is 2. The summed E-state index contributed by atoms with van der Waals surface area (Å²) in [6.45, 7) is 3.71. The van der Waals surface area contributed by atoms with Crippen molar-refractivity contribution in [2.24, 2.45) is 0 Å². The standard InChI is InChI=1S/C10H11N3O3/c1-3-16-10(15)6-5(2)13-8-7(6)11-4-12-9(8)14/h4,13H,3H2,1-2H3,(H,11,12,14). The molecule has 6 nitrogen and oxygen atoms in total. The summed E-state index contributed by atoms with van der Waals surface area (Å²) in [5.74, 6) is -0.468. The van der Waals surface area contributed by atoms with E-state index in [9.17, 15) is 9.59 Å². The topological polar surface area (TPSA) is 87.8 Å². The molecule has 0 amide bonds. The van der Waals surface area contributed by atoms with Crippen molar-refractivity contribution >= 4 is 17.0 Å². The fourth-order valence-electron chi connectivity index (χ4n) is 1.59. The third-order valence-corrected chi connectivity index (χ3v) is 2.26. The Hall–Kier alpha value is -2.11. The first-order valence-corrected chi connectivity index (χ1v) is 4.88. The maximum absolute atomic E-state index is 11.7. The van der Waals surface area contributed by atoms with Crippen molar-refractivity contribution in [3.63, 3.8) is 0 Å². The van der Waals surface area contributed by atoms with Gasteiger partial charge in [0.1, 0.15) is 16.6 Å². The number of aromatic amines is 2. The molecule has 16 heavy (non-hydrogen) atoms. The van der Waals surface area contributed by atoms with Gasteiger partial charge in [0.05, 0.1) is 12.9 Å². The Morgan fingerprint density at radius 3 is 3.00 bits per heavy atom. The largest absolute Gasteiger partial charge is 0.462 e. The molecule has 0 aliphatic heterocycles. The quantitative estimate of drug-likeness (QED) is 0.732. The highest BCUT2D eigenvalue weighted by atomic mass is 16.5. The zero-order valence-electron chi connectivity index (χ0n) is 8.96. The molecule has 0 atom stereocenters. The minimum Gasteiger partial charge on any atom is -0.462 e. The number of fused-ring (bicyclic) bond motifs is 1. The summed E-state index contributed by atoms with van der Waals surface area (Å²) in [7, 11) is 0. The van der Waals surface area contributed by atoms with Crippen LogP contribution in [0.5, 0.6) is 0 Å². The van der Waals surface area contributed by atoms with Crippen molar-refractivity contribution in [1.82, 2.24) is 15.0 Å². The summed E-state index contributed by atoms with van der Waals surface area (Å²) in [6.07, 6.45) is 1.26. The van der Waals surface area contributed by atoms with E-state index in [-0.39, 0.29) is 12.2 Å². The molecular formula is C10H11N3O3. The summed E-state index contributed by atoms with van der Waals surface area (Å²) in [5, 5.41) is 0. The average molecular weight is 221 g/mol. The molecule has 0 aliphatic rings. The third kappa shape index (κ3) is 1.48.